The zero-order valence-corrected chi connectivity index (χ0v) is 12.2. The minimum Gasteiger partial charge on any atom is -0.346 e. The third-order valence-corrected chi connectivity index (χ3v) is 5.07. The molecule has 2 rings (SSSR count). The van der Waals surface area contributed by atoms with E-state index in [2.05, 4.69) is 44.0 Å². The van der Waals surface area contributed by atoms with Crippen LogP contribution in [0.1, 0.15) is 32.5 Å². The second-order valence-corrected chi connectivity index (χ2v) is 6.38. The van der Waals surface area contributed by atoms with Gasteiger partial charge < -0.3 is 4.90 Å². The SMILES string of the molecule is CCCc1nsc(N2CCC(C)C(Br)C2)n1. The average Bonchev–Trinajstić information content (AvgIpc) is 2.71. The van der Waals surface area contributed by atoms with Crippen LogP contribution < -0.4 is 4.90 Å². The Morgan fingerprint density at radius 2 is 2.38 bits per heavy atom. The van der Waals surface area contributed by atoms with E-state index in [0.717, 1.165) is 42.8 Å². The second-order valence-electron chi connectivity index (χ2n) is 4.47. The Kier molecular flexibility index (Phi) is 4.19. The predicted octanol–water partition coefficient (Wildman–Crippen LogP) is 3.10. The molecule has 0 bridgehead atoms. The Labute approximate surface area is 110 Å². The molecule has 2 unspecified atom stereocenters. The van der Waals surface area contributed by atoms with E-state index in [1.54, 1.807) is 11.5 Å². The molecule has 1 aromatic rings. The summed E-state index contributed by atoms with van der Waals surface area (Å²) in [5, 5.41) is 1.10. The van der Waals surface area contributed by atoms with Crippen molar-refractivity contribution in [2.24, 2.45) is 5.92 Å². The van der Waals surface area contributed by atoms with Crippen LogP contribution in [0.25, 0.3) is 0 Å². The predicted molar refractivity (Wildman–Crippen MR) is 72.6 cm³/mol. The Morgan fingerprint density at radius 1 is 1.56 bits per heavy atom. The maximum absolute atomic E-state index is 4.60. The molecule has 0 spiro atoms. The molecular weight excluding hydrogens is 286 g/mol. The number of anilines is 1. The highest BCUT2D eigenvalue weighted by Gasteiger charge is 2.25. The number of nitrogens with zero attached hydrogens (tertiary/aromatic N) is 3. The van der Waals surface area contributed by atoms with E-state index in [1.807, 2.05) is 0 Å². The summed E-state index contributed by atoms with van der Waals surface area (Å²) >= 11 is 5.29. The van der Waals surface area contributed by atoms with Gasteiger partial charge in [-0.2, -0.15) is 4.37 Å². The summed E-state index contributed by atoms with van der Waals surface area (Å²) in [5.41, 5.74) is 0. The molecule has 16 heavy (non-hydrogen) atoms. The van der Waals surface area contributed by atoms with Crippen LogP contribution in [0, 0.1) is 5.92 Å². The first-order chi connectivity index (χ1) is 7.70. The van der Waals surface area contributed by atoms with Gasteiger partial charge in [0.05, 0.1) is 0 Å². The van der Waals surface area contributed by atoms with Crippen molar-refractivity contribution in [2.75, 3.05) is 18.0 Å². The van der Waals surface area contributed by atoms with Crippen molar-refractivity contribution >= 4 is 32.6 Å². The van der Waals surface area contributed by atoms with Gasteiger partial charge >= 0.3 is 0 Å². The van der Waals surface area contributed by atoms with E-state index in [4.69, 9.17) is 0 Å². The lowest BCUT2D eigenvalue weighted by molar-refractivity contribution is 0.456. The number of aryl methyl sites for hydroxylation is 1. The van der Waals surface area contributed by atoms with Crippen molar-refractivity contribution in [1.29, 1.82) is 0 Å². The van der Waals surface area contributed by atoms with Gasteiger partial charge in [-0.05, 0) is 18.8 Å². The fourth-order valence-electron chi connectivity index (χ4n) is 1.89. The Morgan fingerprint density at radius 3 is 3.06 bits per heavy atom. The van der Waals surface area contributed by atoms with E-state index in [-0.39, 0.29) is 0 Å². The molecule has 90 valence electrons. The van der Waals surface area contributed by atoms with Crippen LogP contribution in [0.15, 0.2) is 0 Å². The summed E-state index contributed by atoms with van der Waals surface area (Å²) in [6, 6.07) is 0. The summed E-state index contributed by atoms with van der Waals surface area (Å²) in [4.78, 5) is 7.54. The molecule has 5 heteroatoms. The second kappa shape index (κ2) is 5.45. The van der Waals surface area contributed by atoms with E-state index in [0.29, 0.717) is 4.83 Å². The molecule has 0 N–H and O–H groups in total. The number of aromatic nitrogens is 2. The lowest BCUT2D eigenvalue weighted by atomic mass is 9.99. The molecule has 2 heterocycles. The quantitative estimate of drug-likeness (QED) is 0.804. The first kappa shape index (κ1) is 12.3. The normalized spacial score (nSPS) is 26.1. The van der Waals surface area contributed by atoms with E-state index in [1.165, 1.54) is 6.42 Å². The fourth-order valence-corrected chi connectivity index (χ4v) is 3.25. The zero-order valence-electron chi connectivity index (χ0n) is 9.82. The van der Waals surface area contributed by atoms with Gasteiger partial charge in [0, 0.05) is 35.9 Å². The lowest BCUT2D eigenvalue weighted by Gasteiger charge is -2.33. The maximum Gasteiger partial charge on any atom is 0.205 e. The number of hydrogen-bond acceptors (Lipinski definition) is 4. The highest BCUT2D eigenvalue weighted by molar-refractivity contribution is 9.09. The summed E-state index contributed by atoms with van der Waals surface area (Å²) in [6.07, 6.45) is 3.35. The lowest BCUT2D eigenvalue weighted by Crippen LogP contribution is -2.40. The average molecular weight is 304 g/mol. The van der Waals surface area contributed by atoms with Gasteiger partial charge in [-0.15, -0.1) is 0 Å². The Bertz CT molecular complexity index is 342. The molecule has 1 aromatic heterocycles. The van der Waals surface area contributed by atoms with Crippen molar-refractivity contribution in [1.82, 2.24) is 9.36 Å². The Balaban J connectivity index is 2.01. The minimum atomic E-state index is 0.583. The molecule has 1 aliphatic heterocycles. The molecule has 0 radical (unpaired) electrons. The van der Waals surface area contributed by atoms with Crippen molar-refractivity contribution in [3.05, 3.63) is 5.82 Å². The summed E-state index contributed by atoms with van der Waals surface area (Å²) in [5.74, 6) is 1.77. The smallest absolute Gasteiger partial charge is 0.205 e. The van der Waals surface area contributed by atoms with Gasteiger partial charge in [0.25, 0.3) is 0 Å². The van der Waals surface area contributed by atoms with E-state index < -0.39 is 0 Å². The third-order valence-electron chi connectivity index (χ3n) is 3.07. The van der Waals surface area contributed by atoms with Gasteiger partial charge in [0.15, 0.2) is 0 Å². The molecule has 0 amide bonds. The number of alkyl halides is 1. The van der Waals surface area contributed by atoms with Crippen molar-refractivity contribution in [2.45, 2.75) is 37.9 Å². The first-order valence-electron chi connectivity index (χ1n) is 5.92. The van der Waals surface area contributed by atoms with Crippen LogP contribution in [0.2, 0.25) is 0 Å². The Hall–Kier alpha value is -0.160. The highest BCUT2D eigenvalue weighted by atomic mass is 79.9. The van der Waals surface area contributed by atoms with Crippen molar-refractivity contribution in [3.8, 4) is 0 Å². The van der Waals surface area contributed by atoms with Gasteiger partial charge in [-0.25, -0.2) is 4.98 Å². The molecule has 1 fully saturated rings. The van der Waals surface area contributed by atoms with Crippen LogP contribution in [-0.2, 0) is 6.42 Å². The zero-order chi connectivity index (χ0) is 11.5. The molecule has 0 aliphatic carbocycles. The van der Waals surface area contributed by atoms with Crippen LogP contribution in [0.4, 0.5) is 5.13 Å². The maximum atomic E-state index is 4.60. The number of hydrogen-bond donors (Lipinski definition) is 0. The van der Waals surface area contributed by atoms with Gasteiger partial charge in [0.1, 0.15) is 5.82 Å². The first-order valence-corrected chi connectivity index (χ1v) is 7.61. The molecule has 0 saturated carbocycles. The fraction of sp³-hybridized carbons (Fsp3) is 0.818. The van der Waals surface area contributed by atoms with Crippen LogP contribution in [0.3, 0.4) is 0 Å². The number of halogens is 1. The van der Waals surface area contributed by atoms with Crippen molar-refractivity contribution < 1.29 is 0 Å². The van der Waals surface area contributed by atoms with Gasteiger partial charge in [0.2, 0.25) is 5.13 Å². The monoisotopic (exact) mass is 303 g/mol. The number of piperidine rings is 1. The van der Waals surface area contributed by atoms with E-state index >= 15 is 0 Å². The van der Waals surface area contributed by atoms with Crippen molar-refractivity contribution in [3.63, 3.8) is 0 Å². The largest absolute Gasteiger partial charge is 0.346 e. The van der Waals surface area contributed by atoms with Crippen LogP contribution in [0.5, 0.6) is 0 Å². The molecular formula is C11H18BrN3S. The highest BCUT2D eigenvalue weighted by Crippen LogP contribution is 2.28. The standard InChI is InChI=1S/C11H18BrN3S/c1-3-4-10-13-11(16-14-10)15-6-5-8(2)9(12)7-15/h8-9H,3-7H2,1-2H3. The van der Waals surface area contributed by atoms with Gasteiger partial charge in [-0.1, -0.05) is 29.8 Å². The molecule has 1 saturated heterocycles. The minimum absolute atomic E-state index is 0.583. The van der Waals surface area contributed by atoms with Crippen LogP contribution in [-0.4, -0.2) is 27.3 Å². The summed E-state index contributed by atoms with van der Waals surface area (Å²) in [7, 11) is 0. The van der Waals surface area contributed by atoms with Gasteiger partial charge in [-0.3, -0.25) is 0 Å². The number of rotatable bonds is 3. The molecule has 3 nitrogen and oxygen atoms in total. The van der Waals surface area contributed by atoms with E-state index in [9.17, 15) is 0 Å². The summed E-state index contributed by atoms with van der Waals surface area (Å²) in [6.45, 7) is 6.64. The van der Waals surface area contributed by atoms with Crippen LogP contribution >= 0.6 is 27.5 Å². The molecule has 2 atom stereocenters. The summed E-state index contributed by atoms with van der Waals surface area (Å²) < 4.78 is 4.40. The molecule has 1 aliphatic rings. The third kappa shape index (κ3) is 2.74. The molecule has 0 aromatic carbocycles. The topological polar surface area (TPSA) is 29.0 Å².